The van der Waals surface area contributed by atoms with Crippen molar-refractivity contribution in [2.75, 3.05) is 0 Å². The highest BCUT2D eigenvalue weighted by Gasteiger charge is 2.46. The predicted octanol–water partition coefficient (Wildman–Crippen LogP) is 5.17. The normalized spacial score (nSPS) is 18.2. The van der Waals surface area contributed by atoms with E-state index in [0.717, 1.165) is 11.1 Å². The van der Waals surface area contributed by atoms with E-state index in [4.69, 9.17) is 16.0 Å². The van der Waals surface area contributed by atoms with Crippen molar-refractivity contribution >= 4 is 29.1 Å². The smallest absolute Gasteiger partial charge is 0.296 e. The molecule has 1 fully saturated rings. The van der Waals surface area contributed by atoms with Gasteiger partial charge in [0.25, 0.3) is 11.7 Å². The molecule has 1 atom stereocenters. The van der Waals surface area contributed by atoms with E-state index in [1.54, 1.807) is 36.4 Å². The van der Waals surface area contributed by atoms with E-state index in [1.165, 1.54) is 11.2 Å². The molecule has 0 saturated carbocycles. The van der Waals surface area contributed by atoms with E-state index in [0.29, 0.717) is 21.9 Å². The Balaban J connectivity index is 1.90. The highest BCUT2D eigenvalue weighted by molar-refractivity contribution is 6.46. The topological polar surface area (TPSA) is 70.8 Å². The van der Waals surface area contributed by atoms with Gasteiger partial charge < -0.3 is 14.4 Å². The summed E-state index contributed by atoms with van der Waals surface area (Å²) in [4.78, 5) is 27.4. The SMILES string of the molecule is Cc1ccc(C)c(/C(O)=C2\C(=O)C(=O)N(Cc3ccco3)C2c2ccc(Cl)cc2)c1. The Hall–Kier alpha value is -3.31. The molecule has 1 saturated heterocycles. The van der Waals surface area contributed by atoms with Crippen LogP contribution >= 0.6 is 11.6 Å². The fourth-order valence-corrected chi connectivity index (χ4v) is 3.87. The van der Waals surface area contributed by atoms with Crippen molar-refractivity contribution in [3.8, 4) is 0 Å². The molecular formula is C24H20ClNO4. The van der Waals surface area contributed by atoms with Crippen LogP contribution < -0.4 is 0 Å². The van der Waals surface area contributed by atoms with Crippen molar-refractivity contribution in [1.29, 1.82) is 0 Å². The summed E-state index contributed by atoms with van der Waals surface area (Å²) in [6.07, 6.45) is 1.51. The lowest BCUT2D eigenvalue weighted by Crippen LogP contribution is -2.29. The summed E-state index contributed by atoms with van der Waals surface area (Å²) in [7, 11) is 0. The minimum Gasteiger partial charge on any atom is -0.507 e. The zero-order chi connectivity index (χ0) is 21.4. The maximum atomic E-state index is 13.0. The standard InChI is InChI=1S/C24H20ClNO4/c1-14-5-6-15(2)19(12-14)22(27)20-21(16-7-9-17(25)10-8-16)26(24(29)23(20)28)13-18-4-3-11-30-18/h3-12,21,27H,13H2,1-2H3/b22-20+. The first-order chi connectivity index (χ1) is 14.4. The van der Waals surface area contributed by atoms with Gasteiger partial charge in [-0.3, -0.25) is 9.59 Å². The van der Waals surface area contributed by atoms with E-state index in [-0.39, 0.29) is 17.9 Å². The molecular weight excluding hydrogens is 402 g/mol. The highest BCUT2D eigenvalue weighted by atomic mass is 35.5. The van der Waals surface area contributed by atoms with Gasteiger partial charge in [-0.05, 0) is 55.3 Å². The summed E-state index contributed by atoms with van der Waals surface area (Å²) in [5.41, 5.74) is 3.02. The maximum Gasteiger partial charge on any atom is 0.296 e. The van der Waals surface area contributed by atoms with Crippen LogP contribution in [-0.4, -0.2) is 21.7 Å². The number of Topliss-reactive ketones (excluding diaryl/α,β-unsaturated/α-hetero) is 1. The molecule has 0 spiro atoms. The number of furan rings is 1. The third kappa shape index (κ3) is 3.53. The summed E-state index contributed by atoms with van der Waals surface area (Å²) in [6, 6.07) is 15.2. The third-order valence-electron chi connectivity index (χ3n) is 5.28. The maximum absolute atomic E-state index is 13.0. The highest BCUT2D eigenvalue weighted by Crippen LogP contribution is 2.41. The minimum atomic E-state index is -0.757. The van der Waals surface area contributed by atoms with E-state index in [2.05, 4.69) is 0 Å². The van der Waals surface area contributed by atoms with Crippen LogP contribution in [0, 0.1) is 13.8 Å². The molecule has 6 heteroatoms. The lowest BCUT2D eigenvalue weighted by molar-refractivity contribution is -0.140. The zero-order valence-electron chi connectivity index (χ0n) is 16.6. The first-order valence-electron chi connectivity index (χ1n) is 9.50. The van der Waals surface area contributed by atoms with Crippen molar-refractivity contribution in [1.82, 2.24) is 4.90 Å². The molecule has 5 nitrogen and oxygen atoms in total. The van der Waals surface area contributed by atoms with Crippen molar-refractivity contribution in [2.24, 2.45) is 0 Å². The zero-order valence-corrected chi connectivity index (χ0v) is 17.3. The molecule has 2 aromatic carbocycles. The molecule has 4 rings (SSSR count). The van der Waals surface area contributed by atoms with Crippen molar-refractivity contribution in [3.05, 3.63) is 99.5 Å². The Bertz CT molecular complexity index is 1150. The van der Waals surface area contributed by atoms with Crippen LogP contribution in [0.15, 0.2) is 70.9 Å². The Morgan fingerprint density at radius 3 is 2.50 bits per heavy atom. The third-order valence-corrected chi connectivity index (χ3v) is 5.53. The van der Waals surface area contributed by atoms with Gasteiger partial charge in [-0.25, -0.2) is 0 Å². The molecule has 0 bridgehead atoms. The number of hydrogen-bond acceptors (Lipinski definition) is 4. The van der Waals surface area contributed by atoms with Gasteiger partial charge in [0.1, 0.15) is 11.5 Å². The first kappa shape index (κ1) is 20.0. The number of carbonyl (C=O) groups is 2. The quantitative estimate of drug-likeness (QED) is 0.358. The summed E-state index contributed by atoms with van der Waals surface area (Å²) < 4.78 is 5.39. The van der Waals surface area contributed by atoms with Crippen molar-refractivity contribution in [3.63, 3.8) is 0 Å². The van der Waals surface area contributed by atoms with Crippen LogP contribution in [0.25, 0.3) is 5.76 Å². The van der Waals surface area contributed by atoms with Crippen LogP contribution in [0.2, 0.25) is 5.02 Å². The first-order valence-corrected chi connectivity index (χ1v) is 9.88. The lowest BCUT2D eigenvalue weighted by atomic mass is 9.93. The van der Waals surface area contributed by atoms with Crippen molar-refractivity contribution in [2.45, 2.75) is 26.4 Å². The van der Waals surface area contributed by atoms with Gasteiger partial charge in [0.05, 0.1) is 24.4 Å². The van der Waals surface area contributed by atoms with E-state index in [9.17, 15) is 14.7 Å². The van der Waals surface area contributed by atoms with E-state index >= 15 is 0 Å². The molecule has 1 aromatic heterocycles. The van der Waals surface area contributed by atoms with E-state index in [1.807, 2.05) is 32.0 Å². The van der Waals surface area contributed by atoms with Gasteiger partial charge in [-0.1, -0.05) is 41.4 Å². The molecule has 152 valence electrons. The van der Waals surface area contributed by atoms with Crippen LogP contribution in [0.1, 0.15) is 34.1 Å². The molecule has 1 aliphatic heterocycles. The van der Waals surface area contributed by atoms with E-state index < -0.39 is 17.7 Å². The van der Waals surface area contributed by atoms with Gasteiger partial charge in [0, 0.05) is 10.6 Å². The average molecular weight is 422 g/mol. The largest absolute Gasteiger partial charge is 0.507 e. The Labute approximate surface area is 179 Å². The van der Waals surface area contributed by atoms with Gasteiger partial charge in [-0.2, -0.15) is 0 Å². The van der Waals surface area contributed by atoms with Gasteiger partial charge in [0.2, 0.25) is 0 Å². The number of rotatable bonds is 4. The monoisotopic (exact) mass is 421 g/mol. The molecule has 1 unspecified atom stereocenters. The fraction of sp³-hybridized carbons (Fsp3) is 0.167. The number of aliphatic hydroxyl groups is 1. The van der Waals surface area contributed by atoms with Crippen LogP contribution in [0.4, 0.5) is 0 Å². The number of halogens is 1. The molecule has 1 aliphatic rings. The summed E-state index contributed by atoms with van der Waals surface area (Å²) in [5, 5.41) is 11.7. The number of aliphatic hydroxyl groups excluding tert-OH is 1. The second-order valence-corrected chi connectivity index (χ2v) is 7.81. The molecule has 30 heavy (non-hydrogen) atoms. The molecule has 2 heterocycles. The second kappa shape index (κ2) is 7.84. The van der Waals surface area contributed by atoms with Crippen LogP contribution in [-0.2, 0) is 16.1 Å². The minimum absolute atomic E-state index is 0.0579. The number of carbonyl (C=O) groups excluding carboxylic acids is 2. The molecule has 0 aliphatic carbocycles. The Morgan fingerprint density at radius 2 is 1.83 bits per heavy atom. The number of nitrogens with zero attached hydrogens (tertiary/aromatic N) is 1. The van der Waals surface area contributed by atoms with Gasteiger partial charge in [0.15, 0.2) is 0 Å². The van der Waals surface area contributed by atoms with Gasteiger partial charge >= 0.3 is 0 Å². The summed E-state index contributed by atoms with van der Waals surface area (Å²) in [5.74, 6) is -1.04. The molecule has 0 radical (unpaired) electrons. The van der Waals surface area contributed by atoms with Crippen LogP contribution in [0.3, 0.4) is 0 Å². The number of aryl methyl sites for hydroxylation is 2. The molecule has 1 N–H and O–H groups in total. The summed E-state index contributed by atoms with van der Waals surface area (Å²) in [6.45, 7) is 3.86. The Kier molecular flexibility index (Phi) is 5.22. The predicted molar refractivity (Wildman–Crippen MR) is 114 cm³/mol. The lowest BCUT2D eigenvalue weighted by Gasteiger charge is -2.24. The number of benzene rings is 2. The number of amides is 1. The second-order valence-electron chi connectivity index (χ2n) is 7.38. The number of ketones is 1. The molecule has 3 aromatic rings. The average Bonchev–Trinajstić information content (AvgIpc) is 3.32. The summed E-state index contributed by atoms with van der Waals surface area (Å²) >= 11 is 6.04. The number of hydrogen-bond donors (Lipinski definition) is 1. The Morgan fingerprint density at radius 1 is 1.10 bits per heavy atom. The van der Waals surface area contributed by atoms with Crippen molar-refractivity contribution < 1.29 is 19.1 Å². The van der Waals surface area contributed by atoms with Crippen LogP contribution in [0.5, 0.6) is 0 Å². The van der Waals surface area contributed by atoms with Gasteiger partial charge in [-0.15, -0.1) is 0 Å². The fourth-order valence-electron chi connectivity index (χ4n) is 3.74. The molecule has 1 amide bonds. The number of likely N-dealkylation sites (tertiary alicyclic amines) is 1.